The molecule has 132 valence electrons. The van der Waals surface area contributed by atoms with Crippen LogP contribution >= 0.6 is 0 Å². The summed E-state index contributed by atoms with van der Waals surface area (Å²) in [5.41, 5.74) is -0.660. The molecule has 23 heavy (non-hydrogen) atoms. The number of hydrogen-bond acceptors (Lipinski definition) is 7. The molecule has 0 unspecified atom stereocenters. The van der Waals surface area contributed by atoms with Crippen LogP contribution in [0.5, 0.6) is 0 Å². The molecule has 1 fully saturated rings. The van der Waals surface area contributed by atoms with Crippen molar-refractivity contribution >= 4 is 18.0 Å². The fourth-order valence-electron chi connectivity index (χ4n) is 2.27. The highest BCUT2D eigenvalue weighted by Gasteiger charge is 2.41. The highest BCUT2D eigenvalue weighted by molar-refractivity contribution is 5.69. The van der Waals surface area contributed by atoms with Crippen molar-refractivity contribution in [1.29, 1.82) is 0 Å². The highest BCUT2D eigenvalue weighted by Crippen LogP contribution is 2.24. The summed E-state index contributed by atoms with van der Waals surface area (Å²) in [6.45, 7) is 9.43. The third-order valence-electron chi connectivity index (χ3n) is 2.97. The molecule has 8 heteroatoms. The number of amides is 1. The smallest absolute Gasteiger partial charge is 0.408 e. The number of ether oxygens (including phenoxy) is 4. The van der Waals surface area contributed by atoms with Crippen LogP contribution in [-0.2, 0) is 28.5 Å². The van der Waals surface area contributed by atoms with Gasteiger partial charge in [0.2, 0.25) is 6.29 Å². The average molecular weight is 331 g/mol. The zero-order valence-corrected chi connectivity index (χ0v) is 14.4. The number of carbonyl (C=O) groups is 3. The minimum Gasteiger partial charge on any atom is -0.458 e. The maximum atomic E-state index is 12.0. The topological polar surface area (TPSA) is 100 Å². The van der Waals surface area contributed by atoms with E-state index in [9.17, 15) is 14.4 Å². The molecule has 1 heterocycles. The lowest BCUT2D eigenvalue weighted by atomic mass is 9.99. The fraction of sp³-hybridized carbons (Fsp3) is 0.800. The van der Waals surface area contributed by atoms with Crippen LogP contribution in [0.3, 0.4) is 0 Å². The highest BCUT2D eigenvalue weighted by atomic mass is 16.7. The Kier molecular flexibility index (Phi) is 6.37. The SMILES string of the molecule is CC(=O)O[C@@H]1C[C@H](NC(=O)OC(C)(C)C)[C@@H](OC(C)=O)[C@H](C)O1. The second-order valence-corrected chi connectivity index (χ2v) is 6.44. The van der Waals surface area contributed by atoms with Crippen LogP contribution in [0.15, 0.2) is 0 Å². The van der Waals surface area contributed by atoms with E-state index >= 15 is 0 Å². The van der Waals surface area contributed by atoms with E-state index in [0.29, 0.717) is 0 Å². The number of esters is 2. The summed E-state index contributed by atoms with van der Waals surface area (Å²) in [4.78, 5) is 34.3. The molecule has 8 nitrogen and oxygen atoms in total. The first-order valence-corrected chi connectivity index (χ1v) is 7.47. The number of rotatable bonds is 3. The van der Waals surface area contributed by atoms with Crippen LogP contribution in [0.2, 0.25) is 0 Å². The van der Waals surface area contributed by atoms with Crippen LogP contribution in [0, 0.1) is 0 Å². The first kappa shape index (κ1) is 19.2. The Morgan fingerprint density at radius 3 is 2.13 bits per heavy atom. The monoisotopic (exact) mass is 331 g/mol. The van der Waals surface area contributed by atoms with Gasteiger partial charge in [-0.2, -0.15) is 0 Å². The van der Waals surface area contributed by atoms with E-state index < -0.39 is 48.2 Å². The summed E-state index contributed by atoms with van der Waals surface area (Å²) in [6.07, 6.45) is -2.57. The molecule has 0 spiro atoms. The van der Waals surface area contributed by atoms with Gasteiger partial charge in [-0.1, -0.05) is 0 Å². The fourth-order valence-corrected chi connectivity index (χ4v) is 2.27. The predicted octanol–water partition coefficient (Wildman–Crippen LogP) is 1.51. The van der Waals surface area contributed by atoms with Gasteiger partial charge in [-0.05, 0) is 27.7 Å². The lowest BCUT2D eigenvalue weighted by molar-refractivity contribution is -0.228. The van der Waals surface area contributed by atoms with Gasteiger partial charge in [0.25, 0.3) is 0 Å². The van der Waals surface area contributed by atoms with Gasteiger partial charge < -0.3 is 24.3 Å². The maximum Gasteiger partial charge on any atom is 0.408 e. The molecule has 1 N–H and O–H groups in total. The normalized spacial score (nSPS) is 27.7. The molecule has 0 aliphatic carbocycles. The predicted molar refractivity (Wildman–Crippen MR) is 79.4 cm³/mol. The summed E-state index contributed by atoms with van der Waals surface area (Å²) < 4.78 is 21.0. The molecule has 1 amide bonds. The van der Waals surface area contributed by atoms with Crippen molar-refractivity contribution in [3.63, 3.8) is 0 Å². The molecule has 0 saturated carbocycles. The van der Waals surface area contributed by atoms with Crippen molar-refractivity contribution in [3.05, 3.63) is 0 Å². The van der Waals surface area contributed by atoms with Crippen molar-refractivity contribution in [2.75, 3.05) is 0 Å². The third kappa shape index (κ3) is 6.85. The lowest BCUT2D eigenvalue weighted by Gasteiger charge is -2.39. The Bertz CT molecular complexity index is 457. The van der Waals surface area contributed by atoms with Crippen molar-refractivity contribution in [3.8, 4) is 0 Å². The van der Waals surface area contributed by atoms with Crippen molar-refractivity contribution in [2.45, 2.75) is 78.1 Å². The van der Waals surface area contributed by atoms with E-state index in [1.165, 1.54) is 13.8 Å². The second kappa shape index (κ2) is 7.63. The van der Waals surface area contributed by atoms with Crippen LogP contribution in [0.4, 0.5) is 4.79 Å². The average Bonchev–Trinajstić information content (AvgIpc) is 2.29. The Balaban J connectivity index is 2.82. The van der Waals surface area contributed by atoms with E-state index in [0.717, 1.165) is 0 Å². The zero-order chi connectivity index (χ0) is 17.8. The van der Waals surface area contributed by atoms with E-state index in [4.69, 9.17) is 18.9 Å². The molecule has 1 aliphatic rings. The second-order valence-electron chi connectivity index (χ2n) is 6.44. The largest absolute Gasteiger partial charge is 0.458 e. The minimum absolute atomic E-state index is 0.154. The Hall–Kier alpha value is -1.83. The van der Waals surface area contributed by atoms with E-state index in [-0.39, 0.29) is 6.42 Å². The molecule has 1 saturated heterocycles. The van der Waals surface area contributed by atoms with Gasteiger partial charge in [0.15, 0.2) is 0 Å². The summed E-state index contributed by atoms with van der Waals surface area (Å²) >= 11 is 0. The maximum absolute atomic E-state index is 12.0. The van der Waals surface area contributed by atoms with Gasteiger partial charge in [-0.15, -0.1) is 0 Å². The molecule has 0 bridgehead atoms. The van der Waals surface area contributed by atoms with Crippen LogP contribution < -0.4 is 5.32 Å². The van der Waals surface area contributed by atoms with Crippen molar-refractivity contribution < 1.29 is 33.3 Å². The molecule has 0 radical (unpaired) electrons. The van der Waals surface area contributed by atoms with Gasteiger partial charge >= 0.3 is 18.0 Å². The van der Waals surface area contributed by atoms with Gasteiger partial charge in [-0.25, -0.2) is 4.79 Å². The van der Waals surface area contributed by atoms with Crippen molar-refractivity contribution in [1.82, 2.24) is 5.32 Å². The Morgan fingerprint density at radius 2 is 1.65 bits per heavy atom. The molecule has 4 atom stereocenters. The number of carbonyl (C=O) groups excluding carboxylic acids is 3. The minimum atomic E-state index is -0.825. The van der Waals surface area contributed by atoms with Crippen molar-refractivity contribution in [2.24, 2.45) is 0 Å². The van der Waals surface area contributed by atoms with Gasteiger partial charge in [-0.3, -0.25) is 9.59 Å². The first-order chi connectivity index (χ1) is 10.5. The number of nitrogens with one attached hydrogen (secondary N) is 1. The molecular weight excluding hydrogens is 306 g/mol. The standard InChI is InChI=1S/C15H25NO7/c1-8-13(22-10(3)18)11(7-12(20-8)21-9(2)17)16-14(19)23-15(4,5)6/h8,11-13H,7H2,1-6H3,(H,16,19)/t8-,11-,12+,13-/m0/s1. The zero-order valence-electron chi connectivity index (χ0n) is 14.4. The van der Waals surface area contributed by atoms with E-state index in [2.05, 4.69) is 5.32 Å². The van der Waals surface area contributed by atoms with Gasteiger partial charge in [0.1, 0.15) is 11.7 Å². The molecule has 1 rings (SSSR count). The summed E-state index contributed by atoms with van der Waals surface area (Å²) in [7, 11) is 0. The Labute approximate surface area is 135 Å². The quantitative estimate of drug-likeness (QED) is 0.618. The van der Waals surface area contributed by atoms with Gasteiger partial charge in [0, 0.05) is 20.3 Å². The molecule has 1 aliphatic heterocycles. The first-order valence-electron chi connectivity index (χ1n) is 7.47. The lowest BCUT2D eigenvalue weighted by Crippen LogP contribution is -2.57. The molecular formula is C15H25NO7. The van der Waals surface area contributed by atoms with Crippen LogP contribution in [-0.4, -0.2) is 48.2 Å². The Morgan fingerprint density at radius 1 is 1.09 bits per heavy atom. The molecule has 0 aromatic heterocycles. The van der Waals surface area contributed by atoms with Crippen LogP contribution in [0.25, 0.3) is 0 Å². The summed E-state index contributed by atoms with van der Waals surface area (Å²) in [5, 5.41) is 2.65. The van der Waals surface area contributed by atoms with E-state index in [1.54, 1.807) is 27.7 Å². The molecule has 0 aromatic carbocycles. The summed E-state index contributed by atoms with van der Waals surface area (Å²) in [5.74, 6) is -0.989. The number of alkyl carbamates (subject to hydrolysis) is 1. The third-order valence-corrected chi connectivity index (χ3v) is 2.97. The van der Waals surface area contributed by atoms with E-state index in [1.807, 2.05) is 0 Å². The molecule has 0 aromatic rings. The van der Waals surface area contributed by atoms with Crippen LogP contribution in [0.1, 0.15) is 48.0 Å². The summed E-state index contributed by atoms with van der Waals surface area (Å²) in [6, 6.07) is -0.596. The van der Waals surface area contributed by atoms with Gasteiger partial charge in [0.05, 0.1) is 12.1 Å². The number of hydrogen-bond donors (Lipinski definition) is 1.